The summed E-state index contributed by atoms with van der Waals surface area (Å²) in [5.41, 5.74) is 2.17. The molecule has 3 aromatic rings. The number of aromatic nitrogens is 6. The van der Waals surface area contributed by atoms with Gasteiger partial charge < -0.3 is 9.80 Å². The summed E-state index contributed by atoms with van der Waals surface area (Å²) < 4.78 is 3.28. The van der Waals surface area contributed by atoms with Crippen LogP contribution >= 0.6 is 0 Å². The predicted octanol–water partition coefficient (Wildman–Crippen LogP) is 0.127. The second kappa shape index (κ2) is 5.29. The Morgan fingerprint density at radius 1 is 1.29 bits per heavy atom. The maximum absolute atomic E-state index is 12.6. The highest BCUT2D eigenvalue weighted by atomic mass is 16.2. The van der Waals surface area contributed by atoms with Crippen molar-refractivity contribution in [1.29, 1.82) is 0 Å². The molecule has 0 bridgehead atoms. The third-order valence-electron chi connectivity index (χ3n) is 4.42. The maximum Gasteiger partial charge on any atom is 0.272 e. The van der Waals surface area contributed by atoms with E-state index in [4.69, 9.17) is 0 Å². The zero-order chi connectivity index (χ0) is 16.8. The summed E-state index contributed by atoms with van der Waals surface area (Å²) in [7, 11) is 3.63. The Morgan fingerprint density at radius 2 is 2.08 bits per heavy atom. The van der Waals surface area contributed by atoms with Gasteiger partial charge in [0.05, 0.1) is 11.7 Å². The van der Waals surface area contributed by atoms with E-state index in [1.165, 1.54) is 0 Å². The van der Waals surface area contributed by atoms with Crippen LogP contribution in [0.25, 0.3) is 5.65 Å². The van der Waals surface area contributed by atoms with Gasteiger partial charge in [-0.1, -0.05) is 0 Å². The first kappa shape index (κ1) is 14.6. The van der Waals surface area contributed by atoms with E-state index in [0.29, 0.717) is 5.69 Å². The lowest BCUT2D eigenvalue weighted by atomic mass is 10.1. The molecule has 0 saturated carbocycles. The molecule has 1 saturated heterocycles. The summed E-state index contributed by atoms with van der Waals surface area (Å²) in [6.07, 6.45) is 1.58. The number of likely N-dealkylation sites (N-methyl/N-ethyl adjacent to an activating group) is 1. The van der Waals surface area contributed by atoms with Gasteiger partial charge in [0, 0.05) is 27.2 Å². The second-order valence-electron chi connectivity index (χ2n) is 6.09. The predicted molar refractivity (Wildman–Crippen MR) is 86.8 cm³/mol. The molecule has 1 amide bonds. The van der Waals surface area contributed by atoms with E-state index >= 15 is 0 Å². The highest BCUT2D eigenvalue weighted by molar-refractivity contribution is 5.93. The molecule has 1 aliphatic heterocycles. The van der Waals surface area contributed by atoms with Crippen LogP contribution in [-0.2, 0) is 7.05 Å². The van der Waals surface area contributed by atoms with Gasteiger partial charge in [-0.15, -0.1) is 15.3 Å². The van der Waals surface area contributed by atoms with Gasteiger partial charge in [-0.2, -0.15) is 9.61 Å². The first-order chi connectivity index (χ1) is 11.5. The average Bonchev–Trinajstić information content (AvgIpc) is 3.10. The number of hydrogen-bond acceptors (Lipinski definition) is 6. The third-order valence-corrected chi connectivity index (χ3v) is 4.42. The smallest absolute Gasteiger partial charge is 0.272 e. The number of nitrogens with zero attached hydrogens (tertiary/aromatic N) is 8. The summed E-state index contributed by atoms with van der Waals surface area (Å²) in [5, 5.41) is 16.5. The minimum absolute atomic E-state index is 0.00929. The third kappa shape index (κ3) is 2.29. The highest BCUT2D eigenvalue weighted by Gasteiger charge is 2.34. The fourth-order valence-electron chi connectivity index (χ4n) is 2.93. The fraction of sp³-hybridized carbons (Fsp3) is 0.400. The molecule has 0 N–H and O–H groups in total. The van der Waals surface area contributed by atoms with Crippen LogP contribution in [0, 0.1) is 6.92 Å². The molecule has 0 aliphatic carbocycles. The van der Waals surface area contributed by atoms with E-state index in [1.807, 2.05) is 32.2 Å². The van der Waals surface area contributed by atoms with Gasteiger partial charge in [0.1, 0.15) is 17.8 Å². The molecule has 0 spiro atoms. The molecule has 9 nitrogen and oxygen atoms in total. The quantitative estimate of drug-likeness (QED) is 0.680. The summed E-state index contributed by atoms with van der Waals surface area (Å²) in [6, 6.07) is 5.78. The van der Waals surface area contributed by atoms with Crippen LogP contribution in [-0.4, -0.2) is 66.6 Å². The van der Waals surface area contributed by atoms with Crippen molar-refractivity contribution in [3.8, 4) is 0 Å². The monoisotopic (exact) mass is 326 g/mol. The van der Waals surface area contributed by atoms with Crippen LogP contribution in [0.2, 0.25) is 0 Å². The number of aryl methyl sites for hydroxylation is 2. The number of fused-ring (bicyclic) bond motifs is 1. The molecular formula is C15H18N8O. The fourth-order valence-corrected chi connectivity index (χ4v) is 2.93. The summed E-state index contributed by atoms with van der Waals surface area (Å²) in [6.45, 7) is 3.38. The van der Waals surface area contributed by atoms with Crippen molar-refractivity contribution in [2.45, 2.75) is 13.0 Å². The molecule has 0 aromatic carbocycles. The normalized spacial score (nSPS) is 14.9. The van der Waals surface area contributed by atoms with Crippen molar-refractivity contribution in [2.75, 3.05) is 25.0 Å². The summed E-state index contributed by atoms with van der Waals surface area (Å²) >= 11 is 0. The van der Waals surface area contributed by atoms with Gasteiger partial charge in [0.2, 0.25) is 0 Å². The standard InChI is InChI=1S/C15H18N8O/c1-10-6-12(21(3)18-10)15(24)20(2)11-7-22(8-11)14-5-4-13-17-16-9-23(13)19-14/h4-6,9,11H,7-8H2,1-3H3. The molecule has 4 rings (SSSR count). The van der Waals surface area contributed by atoms with Crippen LogP contribution < -0.4 is 4.90 Å². The Kier molecular flexibility index (Phi) is 3.22. The molecule has 0 unspecified atom stereocenters. The minimum atomic E-state index is -0.00929. The molecule has 1 fully saturated rings. The zero-order valence-corrected chi connectivity index (χ0v) is 13.8. The highest BCUT2D eigenvalue weighted by Crippen LogP contribution is 2.22. The van der Waals surface area contributed by atoms with Crippen LogP contribution in [0.1, 0.15) is 16.2 Å². The maximum atomic E-state index is 12.6. The van der Waals surface area contributed by atoms with E-state index < -0.39 is 0 Å². The van der Waals surface area contributed by atoms with E-state index in [2.05, 4.69) is 25.3 Å². The molecule has 1 aliphatic rings. The molecule has 3 aromatic heterocycles. The minimum Gasteiger partial charge on any atom is -0.351 e. The lowest BCUT2D eigenvalue weighted by Gasteiger charge is -2.44. The van der Waals surface area contributed by atoms with Gasteiger partial charge in [-0.25, -0.2) is 0 Å². The molecule has 4 heterocycles. The second-order valence-corrected chi connectivity index (χ2v) is 6.09. The van der Waals surface area contributed by atoms with Crippen molar-refractivity contribution in [2.24, 2.45) is 7.05 Å². The average molecular weight is 326 g/mol. The van der Waals surface area contributed by atoms with Gasteiger partial charge in [0.15, 0.2) is 5.65 Å². The van der Waals surface area contributed by atoms with Crippen molar-refractivity contribution in [3.63, 3.8) is 0 Å². The van der Waals surface area contributed by atoms with Crippen molar-refractivity contribution in [3.05, 3.63) is 35.9 Å². The van der Waals surface area contributed by atoms with Crippen molar-refractivity contribution >= 4 is 17.4 Å². The topological polar surface area (TPSA) is 84.5 Å². The zero-order valence-electron chi connectivity index (χ0n) is 13.8. The Bertz CT molecular complexity index is 907. The van der Waals surface area contributed by atoms with Gasteiger partial charge in [-0.05, 0) is 25.1 Å². The number of hydrogen-bond donors (Lipinski definition) is 0. The van der Waals surface area contributed by atoms with E-state index in [1.54, 1.807) is 27.5 Å². The number of anilines is 1. The van der Waals surface area contributed by atoms with Crippen LogP contribution in [0.4, 0.5) is 5.82 Å². The summed E-state index contributed by atoms with van der Waals surface area (Å²) in [5.74, 6) is 0.848. The lowest BCUT2D eigenvalue weighted by Crippen LogP contribution is -2.60. The van der Waals surface area contributed by atoms with Gasteiger partial charge >= 0.3 is 0 Å². The first-order valence-corrected chi connectivity index (χ1v) is 7.73. The summed E-state index contributed by atoms with van der Waals surface area (Å²) in [4.78, 5) is 16.5. The number of carbonyl (C=O) groups excluding carboxylic acids is 1. The Hall–Kier alpha value is -2.97. The van der Waals surface area contributed by atoms with E-state index in [9.17, 15) is 4.79 Å². The van der Waals surface area contributed by atoms with E-state index in [0.717, 1.165) is 30.2 Å². The van der Waals surface area contributed by atoms with E-state index in [-0.39, 0.29) is 11.9 Å². The first-order valence-electron chi connectivity index (χ1n) is 7.73. The van der Waals surface area contributed by atoms with Crippen molar-refractivity contribution < 1.29 is 4.79 Å². The largest absolute Gasteiger partial charge is 0.351 e. The SMILES string of the molecule is Cc1cc(C(=O)N(C)C2CN(c3ccc4nncn4n3)C2)n(C)n1. The molecule has 124 valence electrons. The van der Waals surface area contributed by atoms with Crippen molar-refractivity contribution in [1.82, 2.24) is 34.5 Å². The molecule has 9 heteroatoms. The lowest BCUT2D eigenvalue weighted by molar-refractivity contribution is 0.0694. The van der Waals surface area contributed by atoms with Gasteiger partial charge in [-0.3, -0.25) is 9.48 Å². The number of amides is 1. The Balaban J connectivity index is 1.44. The van der Waals surface area contributed by atoms with Crippen LogP contribution in [0.3, 0.4) is 0 Å². The Labute approximate surface area is 138 Å². The molecule has 0 atom stereocenters. The van der Waals surface area contributed by atoms with Crippen LogP contribution in [0.15, 0.2) is 24.5 Å². The Morgan fingerprint density at radius 3 is 2.79 bits per heavy atom. The van der Waals surface area contributed by atoms with Gasteiger partial charge in [0.25, 0.3) is 5.91 Å². The van der Waals surface area contributed by atoms with Crippen LogP contribution in [0.5, 0.6) is 0 Å². The number of rotatable bonds is 3. The molecule has 0 radical (unpaired) electrons. The molecule has 24 heavy (non-hydrogen) atoms. The molecular weight excluding hydrogens is 308 g/mol. The number of carbonyl (C=O) groups is 1.